The number of cyclic esters (lactones) is 1. The topological polar surface area (TPSA) is 89.5 Å². The third-order valence-electron chi connectivity index (χ3n) is 5.14. The Kier molecular flexibility index (Phi) is 6.75. The number of benzene rings is 2. The minimum atomic E-state index is -0.428. The van der Waals surface area contributed by atoms with Crippen molar-refractivity contribution in [3.63, 3.8) is 0 Å². The molecule has 3 aromatic rings. The normalized spacial score (nSPS) is 16.5. The van der Waals surface area contributed by atoms with Crippen molar-refractivity contribution in [2.24, 2.45) is 0 Å². The average molecular weight is 452 g/mol. The van der Waals surface area contributed by atoms with Crippen LogP contribution >= 0.6 is 11.8 Å². The standard InChI is InChI=1S/C23H25N5O3S/c1-4-17-14-30-23(29)28(17)21-25-20(26-22(27-21)32-3)24-15(2)16-10-12-19(13-11-16)31-18-8-6-5-7-9-18/h5-13,15,17H,4,14H2,1-3H3,(H,24,25,26,27)/t15-,17-/m0/s1. The molecule has 0 unspecified atom stereocenters. The molecule has 0 bridgehead atoms. The highest BCUT2D eigenvalue weighted by atomic mass is 32.2. The lowest BCUT2D eigenvalue weighted by Gasteiger charge is -2.20. The molecule has 9 heteroatoms. The Morgan fingerprint density at radius 2 is 1.84 bits per heavy atom. The van der Waals surface area contributed by atoms with E-state index in [9.17, 15) is 4.79 Å². The van der Waals surface area contributed by atoms with E-state index in [2.05, 4.69) is 20.3 Å². The Balaban J connectivity index is 1.50. The van der Waals surface area contributed by atoms with Gasteiger partial charge in [0.15, 0.2) is 5.16 Å². The maximum atomic E-state index is 12.2. The van der Waals surface area contributed by atoms with Crippen LogP contribution in [0.5, 0.6) is 11.5 Å². The zero-order valence-corrected chi connectivity index (χ0v) is 19.0. The average Bonchev–Trinajstić information content (AvgIpc) is 3.20. The van der Waals surface area contributed by atoms with Gasteiger partial charge in [0.25, 0.3) is 0 Å². The summed E-state index contributed by atoms with van der Waals surface area (Å²) < 4.78 is 11.0. The molecular weight excluding hydrogens is 426 g/mol. The van der Waals surface area contributed by atoms with E-state index in [0.29, 0.717) is 23.7 Å². The van der Waals surface area contributed by atoms with Crippen LogP contribution in [-0.2, 0) is 4.74 Å². The number of para-hydroxylation sites is 1. The van der Waals surface area contributed by atoms with E-state index in [1.807, 2.05) is 74.7 Å². The number of ether oxygens (including phenoxy) is 2. The number of carbonyl (C=O) groups excluding carboxylic acids is 1. The van der Waals surface area contributed by atoms with E-state index in [1.165, 1.54) is 16.7 Å². The van der Waals surface area contributed by atoms with Crippen molar-refractivity contribution in [3.05, 3.63) is 60.2 Å². The number of rotatable bonds is 8. The van der Waals surface area contributed by atoms with Gasteiger partial charge in [-0.15, -0.1) is 0 Å². The number of carbonyl (C=O) groups is 1. The maximum Gasteiger partial charge on any atom is 0.417 e. The second-order valence-corrected chi connectivity index (χ2v) is 8.08. The first kappa shape index (κ1) is 21.9. The molecule has 1 amide bonds. The molecule has 1 fully saturated rings. The highest BCUT2D eigenvalue weighted by molar-refractivity contribution is 7.98. The van der Waals surface area contributed by atoms with E-state index >= 15 is 0 Å². The van der Waals surface area contributed by atoms with Gasteiger partial charge in [-0.1, -0.05) is 49.0 Å². The van der Waals surface area contributed by atoms with Crippen LogP contribution in [-0.4, -0.2) is 39.9 Å². The van der Waals surface area contributed by atoms with Gasteiger partial charge in [-0.3, -0.25) is 0 Å². The molecule has 1 saturated heterocycles. The quantitative estimate of drug-likeness (QED) is 0.462. The molecule has 32 heavy (non-hydrogen) atoms. The molecule has 166 valence electrons. The third-order valence-corrected chi connectivity index (χ3v) is 5.69. The predicted octanol–water partition coefficient (Wildman–Crippen LogP) is 5.29. The van der Waals surface area contributed by atoms with Crippen molar-refractivity contribution in [2.75, 3.05) is 23.1 Å². The van der Waals surface area contributed by atoms with Crippen LogP contribution in [0.4, 0.5) is 16.7 Å². The number of nitrogens with one attached hydrogen (secondary N) is 1. The van der Waals surface area contributed by atoms with Gasteiger partial charge in [0.2, 0.25) is 11.9 Å². The van der Waals surface area contributed by atoms with E-state index < -0.39 is 6.09 Å². The first-order valence-corrected chi connectivity index (χ1v) is 11.6. The zero-order valence-electron chi connectivity index (χ0n) is 18.2. The molecule has 2 heterocycles. The predicted molar refractivity (Wildman–Crippen MR) is 125 cm³/mol. The summed E-state index contributed by atoms with van der Waals surface area (Å²) in [5.41, 5.74) is 1.05. The molecule has 0 spiro atoms. The van der Waals surface area contributed by atoms with E-state index in [1.54, 1.807) is 0 Å². The fourth-order valence-electron chi connectivity index (χ4n) is 3.34. The number of anilines is 2. The number of hydrogen-bond acceptors (Lipinski definition) is 8. The lowest BCUT2D eigenvalue weighted by molar-refractivity contribution is 0.178. The Morgan fingerprint density at radius 1 is 1.12 bits per heavy atom. The van der Waals surface area contributed by atoms with Crippen LogP contribution in [0, 0.1) is 0 Å². The molecular formula is C23H25N5O3S. The summed E-state index contributed by atoms with van der Waals surface area (Å²) in [6.07, 6.45) is 2.21. The van der Waals surface area contributed by atoms with Gasteiger partial charge in [0.1, 0.15) is 18.1 Å². The van der Waals surface area contributed by atoms with Gasteiger partial charge < -0.3 is 14.8 Å². The molecule has 2 atom stereocenters. The molecule has 4 rings (SSSR count). The first-order chi connectivity index (χ1) is 15.6. The van der Waals surface area contributed by atoms with E-state index in [-0.39, 0.29) is 12.1 Å². The monoisotopic (exact) mass is 451 g/mol. The summed E-state index contributed by atoms with van der Waals surface area (Å²) in [6.45, 7) is 4.36. The summed E-state index contributed by atoms with van der Waals surface area (Å²) in [6, 6.07) is 17.4. The molecule has 1 aliphatic heterocycles. The Bertz CT molecular complexity index is 1060. The molecule has 0 aliphatic carbocycles. The van der Waals surface area contributed by atoms with Gasteiger partial charge >= 0.3 is 6.09 Å². The van der Waals surface area contributed by atoms with Crippen LogP contribution in [0.3, 0.4) is 0 Å². The summed E-state index contributed by atoms with van der Waals surface area (Å²) in [5.74, 6) is 2.27. The van der Waals surface area contributed by atoms with Crippen LogP contribution in [0.25, 0.3) is 0 Å². The van der Waals surface area contributed by atoms with Crippen LogP contribution in [0.2, 0.25) is 0 Å². The van der Waals surface area contributed by atoms with Gasteiger partial charge in [-0.2, -0.15) is 15.0 Å². The van der Waals surface area contributed by atoms with Crippen molar-refractivity contribution >= 4 is 29.8 Å². The number of amides is 1. The number of thioether (sulfide) groups is 1. The van der Waals surface area contributed by atoms with Crippen molar-refractivity contribution in [1.29, 1.82) is 0 Å². The molecule has 0 radical (unpaired) electrons. The zero-order chi connectivity index (χ0) is 22.5. The van der Waals surface area contributed by atoms with Gasteiger partial charge in [-0.05, 0) is 49.4 Å². The molecule has 1 aliphatic rings. The minimum Gasteiger partial charge on any atom is -0.457 e. The molecule has 1 N–H and O–H groups in total. The van der Waals surface area contributed by atoms with E-state index in [0.717, 1.165) is 23.5 Å². The summed E-state index contributed by atoms with van der Waals surface area (Å²) >= 11 is 1.39. The summed E-state index contributed by atoms with van der Waals surface area (Å²) in [4.78, 5) is 27.1. The molecule has 0 saturated carbocycles. The lowest BCUT2D eigenvalue weighted by Crippen LogP contribution is -2.34. The summed E-state index contributed by atoms with van der Waals surface area (Å²) in [7, 11) is 0. The fraction of sp³-hybridized carbons (Fsp3) is 0.304. The number of nitrogens with zero attached hydrogens (tertiary/aromatic N) is 4. The maximum absolute atomic E-state index is 12.2. The second kappa shape index (κ2) is 9.86. The largest absolute Gasteiger partial charge is 0.457 e. The SMILES string of the molecule is CC[C@H]1COC(=O)N1c1nc(N[C@@H](C)c2ccc(Oc3ccccc3)cc2)nc(SC)n1. The molecule has 1 aromatic heterocycles. The fourth-order valence-corrected chi connectivity index (χ4v) is 3.69. The Morgan fingerprint density at radius 3 is 2.53 bits per heavy atom. The third kappa shape index (κ3) is 4.94. The van der Waals surface area contributed by atoms with Crippen LogP contribution in [0.1, 0.15) is 31.9 Å². The number of aromatic nitrogens is 3. The van der Waals surface area contributed by atoms with Gasteiger partial charge in [0, 0.05) is 0 Å². The van der Waals surface area contributed by atoms with Crippen LogP contribution in [0.15, 0.2) is 59.8 Å². The summed E-state index contributed by atoms with van der Waals surface area (Å²) in [5, 5.41) is 3.85. The smallest absolute Gasteiger partial charge is 0.417 e. The Labute approximate surface area is 191 Å². The van der Waals surface area contributed by atoms with E-state index in [4.69, 9.17) is 9.47 Å². The minimum absolute atomic E-state index is 0.0711. The number of hydrogen-bond donors (Lipinski definition) is 1. The van der Waals surface area contributed by atoms with Crippen molar-refractivity contribution in [2.45, 2.75) is 37.5 Å². The molecule has 8 nitrogen and oxygen atoms in total. The van der Waals surface area contributed by atoms with Crippen molar-refractivity contribution < 1.29 is 14.3 Å². The molecule has 2 aromatic carbocycles. The van der Waals surface area contributed by atoms with Crippen molar-refractivity contribution in [3.8, 4) is 11.5 Å². The highest BCUT2D eigenvalue weighted by Crippen LogP contribution is 2.27. The first-order valence-electron chi connectivity index (χ1n) is 10.4. The second-order valence-electron chi connectivity index (χ2n) is 7.30. The van der Waals surface area contributed by atoms with Crippen molar-refractivity contribution in [1.82, 2.24) is 15.0 Å². The van der Waals surface area contributed by atoms with Gasteiger partial charge in [0.05, 0.1) is 12.1 Å². The highest BCUT2D eigenvalue weighted by Gasteiger charge is 2.35. The van der Waals surface area contributed by atoms with Gasteiger partial charge in [-0.25, -0.2) is 9.69 Å². The Hall–Kier alpha value is -3.33. The lowest BCUT2D eigenvalue weighted by atomic mass is 10.1. The van der Waals surface area contributed by atoms with Crippen LogP contribution < -0.4 is 15.0 Å².